The Morgan fingerprint density at radius 2 is 1.84 bits per heavy atom. The van der Waals surface area contributed by atoms with Gasteiger partial charge in [-0.1, -0.05) is 12.1 Å². The summed E-state index contributed by atoms with van der Waals surface area (Å²) in [5, 5.41) is 12.8. The van der Waals surface area contributed by atoms with Crippen LogP contribution in [0.5, 0.6) is 0 Å². The highest BCUT2D eigenvalue weighted by molar-refractivity contribution is 5.74. The van der Waals surface area contributed by atoms with Crippen molar-refractivity contribution in [2.75, 3.05) is 13.1 Å². The number of rotatable bonds is 5. The van der Waals surface area contributed by atoms with Crippen LogP contribution in [0.4, 0.5) is 9.18 Å². The van der Waals surface area contributed by atoms with Crippen LogP contribution in [0.1, 0.15) is 32.4 Å². The molecule has 1 rings (SSSR count). The zero-order chi connectivity index (χ0) is 14.4. The van der Waals surface area contributed by atoms with Gasteiger partial charge in [-0.05, 0) is 38.5 Å². The number of hydrogen-bond acceptors (Lipinski definition) is 2. The van der Waals surface area contributed by atoms with Gasteiger partial charge in [0.2, 0.25) is 0 Å². The lowest BCUT2D eigenvalue weighted by atomic mass is 10.0. The minimum atomic E-state index is -0.861. The molecule has 0 saturated carbocycles. The fourth-order valence-corrected chi connectivity index (χ4v) is 1.82. The zero-order valence-corrected chi connectivity index (χ0v) is 11.6. The van der Waals surface area contributed by atoms with E-state index in [2.05, 4.69) is 5.32 Å². The van der Waals surface area contributed by atoms with Crippen molar-refractivity contribution in [3.63, 3.8) is 0 Å². The molecule has 1 aromatic rings. The van der Waals surface area contributed by atoms with Crippen LogP contribution in [0, 0.1) is 5.82 Å². The second kappa shape index (κ2) is 7.09. The summed E-state index contributed by atoms with van der Waals surface area (Å²) in [4.78, 5) is 13.5. The molecule has 0 spiro atoms. The third-order valence-corrected chi connectivity index (χ3v) is 3.09. The number of amides is 2. The fraction of sp³-hybridized carbons (Fsp3) is 0.500. The monoisotopic (exact) mass is 268 g/mol. The van der Waals surface area contributed by atoms with Crippen LogP contribution in [-0.2, 0) is 0 Å². The lowest BCUT2D eigenvalue weighted by Crippen LogP contribution is -2.45. The molecule has 19 heavy (non-hydrogen) atoms. The third-order valence-electron chi connectivity index (χ3n) is 3.09. The van der Waals surface area contributed by atoms with Crippen LogP contribution in [0.2, 0.25) is 0 Å². The molecule has 1 aromatic carbocycles. The maximum absolute atomic E-state index is 12.8. The molecule has 0 aromatic heterocycles. The normalized spacial score (nSPS) is 13.7. The molecule has 106 valence electrons. The van der Waals surface area contributed by atoms with Crippen LogP contribution in [0.3, 0.4) is 0 Å². The van der Waals surface area contributed by atoms with Gasteiger partial charge in [0.05, 0.1) is 12.1 Å². The molecule has 0 saturated heterocycles. The topological polar surface area (TPSA) is 52.6 Å². The highest BCUT2D eigenvalue weighted by Crippen LogP contribution is 2.17. The SMILES string of the molecule is CCN(CC)C(=O)NC(C)C(O)c1ccc(F)cc1. The molecule has 0 radical (unpaired) electrons. The minimum absolute atomic E-state index is 0.210. The number of carbonyl (C=O) groups excluding carboxylic acids is 1. The highest BCUT2D eigenvalue weighted by Gasteiger charge is 2.20. The second-order valence-corrected chi connectivity index (χ2v) is 4.41. The first-order valence-corrected chi connectivity index (χ1v) is 6.48. The Hall–Kier alpha value is -1.62. The van der Waals surface area contributed by atoms with Crippen LogP contribution in [0.25, 0.3) is 0 Å². The van der Waals surface area contributed by atoms with Crippen molar-refractivity contribution < 1.29 is 14.3 Å². The molecular formula is C14H21FN2O2. The molecule has 2 N–H and O–H groups in total. The molecule has 2 unspecified atom stereocenters. The molecule has 0 aliphatic rings. The number of halogens is 1. The summed E-state index contributed by atoms with van der Waals surface area (Å²) in [7, 11) is 0. The Morgan fingerprint density at radius 1 is 1.32 bits per heavy atom. The Kier molecular flexibility index (Phi) is 5.76. The molecule has 5 heteroatoms. The average Bonchev–Trinajstić information content (AvgIpc) is 2.40. The molecular weight excluding hydrogens is 247 g/mol. The van der Waals surface area contributed by atoms with Crippen LogP contribution >= 0.6 is 0 Å². The largest absolute Gasteiger partial charge is 0.386 e. The van der Waals surface area contributed by atoms with Crippen molar-refractivity contribution in [3.8, 4) is 0 Å². The van der Waals surface area contributed by atoms with E-state index < -0.39 is 12.1 Å². The Balaban J connectivity index is 2.64. The number of nitrogens with zero attached hydrogens (tertiary/aromatic N) is 1. The first-order valence-electron chi connectivity index (χ1n) is 6.48. The average molecular weight is 268 g/mol. The minimum Gasteiger partial charge on any atom is -0.386 e. The maximum Gasteiger partial charge on any atom is 0.317 e. The van der Waals surface area contributed by atoms with E-state index >= 15 is 0 Å². The summed E-state index contributed by atoms with van der Waals surface area (Å²) in [6.07, 6.45) is -0.861. The summed E-state index contributed by atoms with van der Waals surface area (Å²) >= 11 is 0. The molecule has 0 bridgehead atoms. The predicted molar refractivity (Wildman–Crippen MR) is 72.3 cm³/mol. The number of benzene rings is 1. The van der Waals surface area contributed by atoms with Crippen LogP contribution < -0.4 is 5.32 Å². The lowest BCUT2D eigenvalue weighted by Gasteiger charge is -2.25. The van der Waals surface area contributed by atoms with Crippen molar-refractivity contribution in [2.24, 2.45) is 0 Å². The number of hydrogen-bond donors (Lipinski definition) is 2. The predicted octanol–water partition coefficient (Wildman–Crippen LogP) is 2.30. The maximum atomic E-state index is 12.8. The number of aliphatic hydroxyl groups is 1. The number of nitrogens with one attached hydrogen (secondary N) is 1. The smallest absolute Gasteiger partial charge is 0.317 e. The summed E-state index contributed by atoms with van der Waals surface area (Å²) in [5.74, 6) is -0.351. The van der Waals surface area contributed by atoms with Crippen LogP contribution in [0.15, 0.2) is 24.3 Å². The number of urea groups is 1. The quantitative estimate of drug-likeness (QED) is 0.861. The highest BCUT2D eigenvalue weighted by atomic mass is 19.1. The first kappa shape index (κ1) is 15.4. The van der Waals surface area contributed by atoms with E-state index in [0.29, 0.717) is 18.7 Å². The van der Waals surface area contributed by atoms with E-state index in [1.165, 1.54) is 24.3 Å². The molecule has 0 aliphatic heterocycles. The van der Waals surface area contributed by atoms with E-state index in [-0.39, 0.29) is 11.8 Å². The zero-order valence-electron chi connectivity index (χ0n) is 11.6. The van der Waals surface area contributed by atoms with Crippen molar-refractivity contribution in [2.45, 2.75) is 32.9 Å². The lowest BCUT2D eigenvalue weighted by molar-refractivity contribution is 0.130. The summed E-state index contributed by atoms with van der Waals surface area (Å²) < 4.78 is 12.8. The van der Waals surface area contributed by atoms with Crippen LogP contribution in [-0.4, -0.2) is 35.2 Å². The van der Waals surface area contributed by atoms with Gasteiger partial charge in [-0.3, -0.25) is 0 Å². The van der Waals surface area contributed by atoms with Gasteiger partial charge < -0.3 is 15.3 Å². The molecule has 0 heterocycles. The molecule has 2 amide bonds. The van der Waals surface area contributed by atoms with Gasteiger partial charge in [0.1, 0.15) is 5.82 Å². The number of carbonyl (C=O) groups is 1. The Bertz CT molecular complexity index is 404. The van der Waals surface area contributed by atoms with Gasteiger partial charge in [-0.2, -0.15) is 0 Å². The van der Waals surface area contributed by atoms with Crippen molar-refractivity contribution in [1.82, 2.24) is 10.2 Å². The van der Waals surface area contributed by atoms with Crippen molar-refractivity contribution in [1.29, 1.82) is 0 Å². The van der Waals surface area contributed by atoms with E-state index in [1.807, 2.05) is 13.8 Å². The van der Waals surface area contributed by atoms with E-state index in [9.17, 15) is 14.3 Å². The standard InChI is InChI=1S/C14H21FN2O2/c1-4-17(5-2)14(19)16-10(3)13(18)11-6-8-12(15)9-7-11/h6-10,13,18H,4-5H2,1-3H3,(H,16,19). The Morgan fingerprint density at radius 3 is 2.32 bits per heavy atom. The van der Waals surface area contributed by atoms with Crippen molar-refractivity contribution in [3.05, 3.63) is 35.6 Å². The fourth-order valence-electron chi connectivity index (χ4n) is 1.82. The van der Waals surface area contributed by atoms with Gasteiger partial charge in [-0.25, -0.2) is 9.18 Å². The third kappa shape index (κ3) is 4.21. The number of aliphatic hydroxyl groups excluding tert-OH is 1. The molecule has 4 nitrogen and oxygen atoms in total. The summed E-state index contributed by atoms with van der Waals surface area (Å²) in [6.45, 7) is 6.73. The molecule has 0 fully saturated rings. The van der Waals surface area contributed by atoms with Gasteiger partial charge >= 0.3 is 6.03 Å². The van der Waals surface area contributed by atoms with E-state index in [1.54, 1.807) is 11.8 Å². The van der Waals surface area contributed by atoms with Crippen molar-refractivity contribution >= 4 is 6.03 Å². The molecule has 0 aliphatic carbocycles. The Labute approximate surface area is 113 Å². The summed E-state index contributed by atoms with van der Waals surface area (Å²) in [5.41, 5.74) is 0.578. The van der Waals surface area contributed by atoms with Gasteiger partial charge in [-0.15, -0.1) is 0 Å². The van der Waals surface area contributed by atoms with Gasteiger partial charge in [0.15, 0.2) is 0 Å². The van der Waals surface area contributed by atoms with Gasteiger partial charge in [0.25, 0.3) is 0 Å². The van der Waals surface area contributed by atoms with E-state index in [4.69, 9.17) is 0 Å². The van der Waals surface area contributed by atoms with E-state index in [0.717, 1.165) is 0 Å². The molecule has 2 atom stereocenters. The summed E-state index contributed by atoms with van der Waals surface area (Å²) in [6, 6.07) is 4.95. The van der Waals surface area contributed by atoms with Gasteiger partial charge in [0, 0.05) is 13.1 Å². The first-order chi connectivity index (χ1) is 8.99. The second-order valence-electron chi connectivity index (χ2n) is 4.41.